The van der Waals surface area contributed by atoms with Crippen molar-refractivity contribution in [1.82, 2.24) is 4.90 Å². The average Bonchev–Trinajstić information content (AvgIpc) is 3.18. The first-order chi connectivity index (χ1) is 12.4. The van der Waals surface area contributed by atoms with Gasteiger partial charge in [-0.1, -0.05) is 32.0 Å². The molecule has 6 heteroatoms. The van der Waals surface area contributed by atoms with E-state index in [1.54, 1.807) is 15.6 Å². The maximum atomic E-state index is 13.6. The van der Waals surface area contributed by atoms with Gasteiger partial charge >= 0.3 is 0 Å². The lowest BCUT2D eigenvalue weighted by molar-refractivity contribution is 0.189. The summed E-state index contributed by atoms with van der Waals surface area (Å²) in [5, 5.41) is 4.28. The largest absolute Gasteiger partial charge is 0.299 e. The fourth-order valence-electron chi connectivity index (χ4n) is 4.32. The molecule has 0 saturated carbocycles. The third kappa shape index (κ3) is 2.79. The number of piperidine rings is 1. The van der Waals surface area contributed by atoms with Crippen LogP contribution >= 0.6 is 11.3 Å². The van der Waals surface area contributed by atoms with Crippen molar-refractivity contribution in [2.75, 3.05) is 23.9 Å². The molecule has 0 aliphatic carbocycles. The van der Waals surface area contributed by atoms with Gasteiger partial charge in [0.15, 0.2) is 0 Å². The summed E-state index contributed by atoms with van der Waals surface area (Å²) in [6.45, 7) is 7.26. The Labute approximate surface area is 160 Å². The Bertz CT molecular complexity index is 867. The van der Waals surface area contributed by atoms with Gasteiger partial charge in [0.25, 0.3) is 0 Å². The summed E-state index contributed by atoms with van der Waals surface area (Å²) >= 11 is 1.71. The smallest absolute Gasteiger partial charge is 0.245 e. The van der Waals surface area contributed by atoms with Crippen LogP contribution in [0.1, 0.15) is 37.8 Å². The van der Waals surface area contributed by atoms with Gasteiger partial charge in [0.2, 0.25) is 10.0 Å². The van der Waals surface area contributed by atoms with Gasteiger partial charge in [-0.15, -0.1) is 0 Å². The normalized spacial score (nSPS) is 21.4. The van der Waals surface area contributed by atoms with Crippen LogP contribution < -0.4 is 4.31 Å². The van der Waals surface area contributed by atoms with Crippen LogP contribution in [0.2, 0.25) is 0 Å². The molecule has 1 saturated heterocycles. The molecule has 1 fully saturated rings. The molecule has 0 N–H and O–H groups in total. The number of para-hydroxylation sites is 1. The molecule has 0 amide bonds. The van der Waals surface area contributed by atoms with Crippen molar-refractivity contribution >= 4 is 27.0 Å². The van der Waals surface area contributed by atoms with Crippen molar-refractivity contribution in [2.24, 2.45) is 5.92 Å². The Morgan fingerprint density at radius 3 is 2.54 bits per heavy atom. The fourth-order valence-corrected chi connectivity index (χ4v) is 7.47. The second-order valence-corrected chi connectivity index (χ2v) is 10.8. The maximum absolute atomic E-state index is 13.6. The Kier molecular flexibility index (Phi) is 4.61. The van der Waals surface area contributed by atoms with Crippen LogP contribution in [-0.2, 0) is 21.3 Å². The van der Waals surface area contributed by atoms with Crippen LogP contribution in [0.4, 0.5) is 5.69 Å². The fraction of sp³-hybridized carbons (Fsp3) is 0.500. The van der Waals surface area contributed by atoms with E-state index in [1.165, 1.54) is 5.56 Å². The number of anilines is 1. The predicted octanol–water partition coefficient (Wildman–Crippen LogP) is 4.05. The molecule has 0 bridgehead atoms. The van der Waals surface area contributed by atoms with Gasteiger partial charge in [-0.05, 0) is 52.8 Å². The molecular weight excluding hydrogens is 364 g/mol. The molecule has 4 rings (SSSR count). The third-order valence-electron chi connectivity index (χ3n) is 5.63. The molecule has 1 aromatic heterocycles. The molecular formula is C20H26N2O2S2. The minimum atomic E-state index is -3.38. The average molecular weight is 391 g/mol. The van der Waals surface area contributed by atoms with Crippen LogP contribution in [0.3, 0.4) is 0 Å². The molecule has 26 heavy (non-hydrogen) atoms. The Morgan fingerprint density at radius 1 is 1.15 bits per heavy atom. The number of likely N-dealkylation sites (tertiary alicyclic amines) is 1. The molecule has 0 unspecified atom stereocenters. The van der Waals surface area contributed by atoms with E-state index in [9.17, 15) is 8.42 Å². The number of nitrogens with zero attached hydrogens (tertiary/aromatic N) is 2. The number of hydrogen-bond acceptors (Lipinski definition) is 4. The van der Waals surface area contributed by atoms with Gasteiger partial charge in [0.1, 0.15) is 4.75 Å². The third-order valence-corrected chi connectivity index (χ3v) is 8.90. The Morgan fingerprint density at radius 2 is 1.88 bits per heavy atom. The minimum absolute atomic E-state index is 0.298. The standard InChI is InChI=1S/C20H26N2O2S2/c1-16(2)13-22-19-6-4-3-5-18(19)20(26(22,23)24)8-10-21(11-9-20)14-17-7-12-25-15-17/h3-7,12,15-16H,8-11,13-14H2,1-2H3. The number of hydrogen-bond donors (Lipinski definition) is 0. The molecule has 0 atom stereocenters. The van der Waals surface area contributed by atoms with Crippen LogP contribution in [0.5, 0.6) is 0 Å². The van der Waals surface area contributed by atoms with Crippen LogP contribution in [0.25, 0.3) is 0 Å². The van der Waals surface area contributed by atoms with E-state index in [0.29, 0.717) is 25.3 Å². The SMILES string of the molecule is CC(C)CN1c2ccccc2C2(CCN(Cc3ccsc3)CC2)S1(=O)=O. The van der Waals surface area contributed by atoms with E-state index in [2.05, 4.69) is 35.6 Å². The quantitative estimate of drug-likeness (QED) is 0.791. The van der Waals surface area contributed by atoms with Crippen molar-refractivity contribution in [1.29, 1.82) is 0 Å². The van der Waals surface area contributed by atoms with Crippen molar-refractivity contribution < 1.29 is 8.42 Å². The van der Waals surface area contributed by atoms with E-state index >= 15 is 0 Å². The highest BCUT2D eigenvalue weighted by Crippen LogP contribution is 2.52. The highest BCUT2D eigenvalue weighted by atomic mass is 32.2. The summed E-state index contributed by atoms with van der Waals surface area (Å²) < 4.78 is 28.1. The highest BCUT2D eigenvalue weighted by molar-refractivity contribution is 7.94. The number of benzene rings is 1. The monoisotopic (exact) mass is 390 g/mol. The van der Waals surface area contributed by atoms with Gasteiger partial charge in [-0.3, -0.25) is 9.21 Å². The van der Waals surface area contributed by atoms with Gasteiger partial charge in [-0.2, -0.15) is 11.3 Å². The van der Waals surface area contributed by atoms with E-state index < -0.39 is 14.8 Å². The highest BCUT2D eigenvalue weighted by Gasteiger charge is 2.56. The van der Waals surface area contributed by atoms with Gasteiger partial charge in [0.05, 0.1) is 5.69 Å². The zero-order valence-electron chi connectivity index (χ0n) is 15.4. The van der Waals surface area contributed by atoms with Crippen molar-refractivity contribution in [2.45, 2.75) is 38.0 Å². The first-order valence-electron chi connectivity index (χ1n) is 9.29. The van der Waals surface area contributed by atoms with E-state index in [0.717, 1.165) is 30.9 Å². The van der Waals surface area contributed by atoms with E-state index in [1.807, 2.05) is 24.3 Å². The number of sulfonamides is 1. The molecule has 4 nitrogen and oxygen atoms in total. The molecule has 2 aliphatic rings. The predicted molar refractivity (Wildman–Crippen MR) is 108 cm³/mol. The summed E-state index contributed by atoms with van der Waals surface area (Å²) in [7, 11) is -3.38. The van der Waals surface area contributed by atoms with Crippen molar-refractivity contribution in [3.8, 4) is 0 Å². The second-order valence-electron chi connectivity index (χ2n) is 7.85. The molecule has 1 spiro atoms. The minimum Gasteiger partial charge on any atom is -0.299 e. The second kappa shape index (κ2) is 6.66. The molecule has 2 aliphatic heterocycles. The zero-order chi connectivity index (χ0) is 18.4. The lowest BCUT2D eigenvalue weighted by Gasteiger charge is -2.39. The van der Waals surface area contributed by atoms with Gasteiger partial charge < -0.3 is 0 Å². The number of fused-ring (bicyclic) bond motifs is 2. The summed E-state index contributed by atoms with van der Waals surface area (Å²) in [6.07, 6.45) is 1.34. The summed E-state index contributed by atoms with van der Waals surface area (Å²) in [5.41, 5.74) is 3.23. The lowest BCUT2D eigenvalue weighted by Crippen LogP contribution is -2.48. The zero-order valence-corrected chi connectivity index (χ0v) is 17.0. The maximum Gasteiger partial charge on any atom is 0.245 e. The van der Waals surface area contributed by atoms with Gasteiger partial charge in [-0.25, -0.2) is 8.42 Å². The van der Waals surface area contributed by atoms with E-state index in [-0.39, 0.29) is 0 Å². The van der Waals surface area contributed by atoms with Crippen LogP contribution in [-0.4, -0.2) is 33.0 Å². The molecule has 0 radical (unpaired) electrons. The molecule has 2 aromatic rings. The number of thiophene rings is 1. The Hall–Kier alpha value is -1.37. The topological polar surface area (TPSA) is 40.6 Å². The molecule has 3 heterocycles. The van der Waals surface area contributed by atoms with Crippen LogP contribution in [0.15, 0.2) is 41.1 Å². The number of rotatable bonds is 4. The first-order valence-corrected chi connectivity index (χ1v) is 11.7. The summed E-state index contributed by atoms with van der Waals surface area (Å²) in [5.74, 6) is 0.298. The van der Waals surface area contributed by atoms with Crippen molar-refractivity contribution in [3.63, 3.8) is 0 Å². The van der Waals surface area contributed by atoms with Crippen molar-refractivity contribution in [3.05, 3.63) is 52.2 Å². The first kappa shape index (κ1) is 18.0. The van der Waals surface area contributed by atoms with Crippen LogP contribution in [0, 0.1) is 5.92 Å². The summed E-state index contributed by atoms with van der Waals surface area (Å²) in [4.78, 5) is 2.39. The summed E-state index contributed by atoms with van der Waals surface area (Å²) in [6, 6.07) is 10.1. The molecule has 1 aromatic carbocycles. The lowest BCUT2D eigenvalue weighted by atomic mass is 9.87. The van der Waals surface area contributed by atoms with Gasteiger partial charge in [0, 0.05) is 26.2 Å². The van der Waals surface area contributed by atoms with E-state index in [4.69, 9.17) is 0 Å². The molecule has 140 valence electrons. The Balaban J connectivity index is 1.64.